The van der Waals surface area contributed by atoms with Crippen LogP contribution in [0.5, 0.6) is 5.75 Å². The molecule has 0 saturated heterocycles. The van der Waals surface area contributed by atoms with Gasteiger partial charge in [0.25, 0.3) is 5.91 Å². The number of anilines is 1. The molecule has 3 rings (SSSR count). The monoisotopic (exact) mass is 450 g/mol. The summed E-state index contributed by atoms with van der Waals surface area (Å²) in [7, 11) is 0. The summed E-state index contributed by atoms with van der Waals surface area (Å²) in [6.45, 7) is 1.90. The zero-order valence-electron chi connectivity index (χ0n) is 14.4. The number of carbonyl (C=O) groups is 1. The Bertz CT molecular complexity index is 725. The van der Waals surface area contributed by atoms with Gasteiger partial charge in [-0.3, -0.25) is 4.79 Å². The largest absolute Gasteiger partial charge is 0.484 e. The topological polar surface area (TPSA) is 51.2 Å². The summed E-state index contributed by atoms with van der Waals surface area (Å²) >= 11 is 2.22. The molecule has 0 unspecified atom stereocenters. The molecule has 1 aromatic carbocycles. The highest BCUT2D eigenvalue weighted by molar-refractivity contribution is 14.1. The zero-order valence-corrected chi connectivity index (χ0v) is 16.6. The lowest BCUT2D eigenvalue weighted by molar-refractivity contribution is -0.118. The third kappa shape index (κ3) is 5.17. The third-order valence-corrected chi connectivity index (χ3v) is 5.76. The average Bonchev–Trinajstić information content (AvgIpc) is 2.64. The number of amides is 1. The molecule has 0 atom stereocenters. The molecule has 5 heteroatoms. The van der Waals surface area contributed by atoms with E-state index < -0.39 is 0 Å². The highest BCUT2D eigenvalue weighted by Gasteiger charge is 2.15. The number of aryl methyl sites for hydroxylation is 1. The molecule has 1 amide bonds. The number of aromatic nitrogens is 1. The molecular formula is C20H23IN2O2. The van der Waals surface area contributed by atoms with Gasteiger partial charge >= 0.3 is 0 Å². The number of nitrogens with zero attached hydrogens (tertiary/aromatic N) is 1. The first-order valence-electron chi connectivity index (χ1n) is 8.77. The van der Waals surface area contributed by atoms with Crippen molar-refractivity contribution in [1.82, 2.24) is 4.98 Å². The van der Waals surface area contributed by atoms with Crippen molar-refractivity contribution in [1.29, 1.82) is 0 Å². The number of ether oxygens (including phenoxy) is 1. The van der Waals surface area contributed by atoms with Gasteiger partial charge in [0.05, 0.1) is 5.69 Å². The summed E-state index contributed by atoms with van der Waals surface area (Å²) in [6.07, 6.45) is 6.59. The minimum Gasteiger partial charge on any atom is -0.484 e. The summed E-state index contributed by atoms with van der Waals surface area (Å²) in [6, 6.07) is 11.9. The van der Waals surface area contributed by atoms with Crippen LogP contribution in [-0.4, -0.2) is 17.5 Å². The number of nitrogens with one attached hydrogen (secondary N) is 1. The van der Waals surface area contributed by atoms with Gasteiger partial charge in [0.1, 0.15) is 11.6 Å². The fourth-order valence-corrected chi connectivity index (χ4v) is 3.51. The molecule has 2 aromatic rings. The second kappa shape index (κ2) is 8.65. The van der Waals surface area contributed by atoms with Gasteiger partial charge in [-0.25, -0.2) is 4.98 Å². The molecule has 4 nitrogen and oxygen atoms in total. The molecule has 0 aliphatic heterocycles. The second-order valence-electron chi connectivity index (χ2n) is 6.50. The van der Waals surface area contributed by atoms with Crippen LogP contribution in [0.25, 0.3) is 0 Å². The normalized spacial score (nSPS) is 15.0. The summed E-state index contributed by atoms with van der Waals surface area (Å²) in [5.74, 6) is 1.76. The molecule has 0 radical (unpaired) electrons. The van der Waals surface area contributed by atoms with E-state index in [-0.39, 0.29) is 12.5 Å². The molecule has 1 heterocycles. The Morgan fingerprint density at radius 2 is 1.88 bits per heavy atom. The van der Waals surface area contributed by atoms with Crippen LogP contribution in [0.3, 0.4) is 0 Å². The molecule has 1 aliphatic carbocycles. The summed E-state index contributed by atoms with van der Waals surface area (Å²) in [5, 5.41) is 2.76. The van der Waals surface area contributed by atoms with Crippen LogP contribution in [0.2, 0.25) is 0 Å². The minimum absolute atomic E-state index is 0.0184. The fourth-order valence-electron chi connectivity index (χ4n) is 3.21. The highest BCUT2D eigenvalue weighted by atomic mass is 127. The first-order chi connectivity index (χ1) is 12.1. The maximum absolute atomic E-state index is 12.0. The first-order valence-corrected chi connectivity index (χ1v) is 9.85. The molecule has 1 N–H and O–H groups in total. The number of benzene rings is 1. The SMILES string of the molecule is Cc1nc(NC(=O)COc2ccc(C3CCCCC3)cc2)ccc1I. The van der Waals surface area contributed by atoms with Gasteiger partial charge in [0, 0.05) is 3.57 Å². The van der Waals surface area contributed by atoms with Crippen molar-refractivity contribution in [2.24, 2.45) is 0 Å². The average molecular weight is 450 g/mol. The Morgan fingerprint density at radius 3 is 2.56 bits per heavy atom. The molecule has 1 aliphatic rings. The van der Waals surface area contributed by atoms with E-state index in [0.29, 0.717) is 11.7 Å². The molecular weight excluding hydrogens is 427 g/mol. The molecule has 1 fully saturated rings. The van der Waals surface area contributed by atoms with E-state index in [1.54, 1.807) is 6.07 Å². The maximum atomic E-state index is 12.0. The smallest absolute Gasteiger partial charge is 0.263 e. The fraction of sp³-hybridized carbons (Fsp3) is 0.400. The van der Waals surface area contributed by atoms with Gasteiger partial charge in [-0.05, 0) is 78.1 Å². The lowest BCUT2D eigenvalue weighted by Gasteiger charge is -2.22. The predicted molar refractivity (Wildman–Crippen MR) is 108 cm³/mol. The van der Waals surface area contributed by atoms with E-state index in [1.807, 2.05) is 25.1 Å². The minimum atomic E-state index is -0.204. The molecule has 1 saturated carbocycles. The van der Waals surface area contributed by atoms with Crippen molar-refractivity contribution in [3.05, 3.63) is 51.2 Å². The van der Waals surface area contributed by atoms with Crippen LogP contribution in [0.4, 0.5) is 5.82 Å². The van der Waals surface area contributed by atoms with Gasteiger partial charge in [0.15, 0.2) is 6.61 Å². The Balaban J connectivity index is 1.50. The molecule has 25 heavy (non-hydrogen) atoms. The highest BCUT2D eigenvalue weighted by Crippen LogP contribution is 2.33. The number of pyridine rings is 1. The van der Waals surface area contributed by atoms with Crippen molar-refractivity contribution in [2.75, 3.05) is 11.9 Å². The summed E-state index contributed by atoms with van der Waals surface area (Å²) in [4.78, 5) is 16.4. The quantitative estimate of drug-likeness (QED) is 0.648. The molecule has 132 valence electrons. The van der Waals surface area contributed by atoms with Crippen molar-refractivity contribution in [3.8, 4) is 5.75 Å². The Kier molecular flexibility index (Phi) is 6.29. The number of halogens is 1. The van der Waals surface area contributed by atoms with E-state index in [9.17, 15) is 4.79 Å². The number of hydrogen-bond acceptors (Lipinski definition) is 3. The molecule has 0 spiro atoms. The van der Waals surface area contributed by atoms with Crippen LogP contribution in [-0.2, 0) is 4.79 Å². The number of hydrogen-bond donors (Lipinski definition) is 1. The molecule has 0 bridgehead atoms. The summed E-state index contributed by atoms with van der Waals surface area (Å²) in [5.41, 5.74) is 2.28. The van der Waals surface area contributed by atoms with Crippen molar-refractivity contribution >= 4 is 34.3 Å². The van der Waals surface area contributed by atoms with E-state index in [4.69, 9.17) is 4.74 Å². The Labute approximate surface area is 162 Å². The van der Waals surface area contributed by atoms with E-state index >= 15 is 0 Å². The van der Waals surface area contributed by atoms with Crippen molar-refractivity contribution in [3.63, 3.8) is 0 Å². The van der Waals surface area contributed by atoms with Crippen LogP contribution < -0.4 is 10.1 Å². The van der Waals surface area contributed by atoms with Crippen molar-refractivity contribution in [2.45, 2.75) is 44.9 Å². The summed E-state index contributed by atoms with van der Waals surface area (Å²) < 4.78 is 6.67. The van der Waals surface area contributed by atoms with E-state index in [0.717, 1.165) is 15.0 Å². The molecule has 1 aromatic heterocycles. The number of carbonyl (C=O) groups excluding carboxylic acids is 1. The third-order valence-electron chi connectivity index (χ3n) is 4.62. The van der Waals surface area contributed by atoms with Gasteiger partial charge in [-0.2, -0.15) is 0 Å². The van der Waals surface area contributed by atoms with E-state index in [2.05, 4.69) is 45.0 Å². The van der Waals surface area contributed by atoms with Crippen LogP contribution in [0.1, 0.15) is 49.3 Å². The second-order valence-corrected chi connectivity index (χ2v) is 7.67. The lowest BCUT2D eigenvalue weighted by atomic mass is 9.84. The van der Waals surface area contributed by atoms with Gasteiger partial charge in [-0.1, -0.05) is 31.4 Å². The lowest BCUT2D eigenvalue weighted by Crippen LogP contribution is -2.21. The Morgan fingerprint density at radius 1 is 1.16 bits per heavy atom. The van der Waals surface area contributed by atoms with Gasteiger partial charge < -0.3 is 10.1 Å². The zero-order chi connectivity index (χ0) is 17.6. The standard InChI is InChI=1S/C20H23IN2O2/c1-14-18(21)11-12-19(22-14)23-20(24)13-25-17-9-7-16(8-10-17)15-5-3-2-4-6-15/h7-12,15H,2-6,13H2,1H3,(H,22,23,24). The van der Waals surface area contributed by atoms with E-state index in [1.165, 1.54) is 37.7 Å². The predicted octanol–water partition coefficient (Wildman–Crippen LogP) is 5.06. The van der Waals surface area contributed by atoms with Crippen LogP contribution in [0, 0.1) is 10.5 Å². The van der Waals surface area contributed by atoms with Crippen LogP contribution in [0.15, 0.2) is 36.4 Å². The van der Waals surface area contributed by atoms with Crippen LogP contribution >= 0.6 is 22.6 Å². The maximum Gasteiger partial charge on any atom is 0.263 e. The van der Waals surface area contributed by atoms with Crippen molar-refractivity contribution < 1.29 is 9.53 Å². The Hall–Kier alpha value is -1.63. The van der Waals surface area contributed by atoms with Gasteiger partial charge in [0.2, 0.25) is 0 Å². The first kappa shape index (κ1) is 18.2. The number of rotatable bonds is 5. The van der Waals surface area contributed by atoms with Gasteiger partial charge in [-0.15, -0.1) is 0 Å².